The van der Waals surface area contributed by atoms with Gasteiger partial charge in [-0.3, -0.25) is 9.59 Å². The predicted octanol–water partition coefficient (Wildman–Crippen LogP) is 2.75. The molecule has 1 fully saturated rings. The van der Waals surface area contributed by atoms with Crippen molar-refractivity contribution in [3.05, 3.63) is 83.2 Å². The Bertz CT molecular complexity index is 1050. The van der Waals surface area contributed by atoms with Crippen LogP contribution in [0.25, 0.3) is 0 Å². The topological polar surface area (TPSA) is 80.1 Å². The van der Waals surface area contributed by atoms with E-state index >= 15 is 0 Å². The molecule has 7 nitrogen and oxygen atoms in total. The highest BCUT2D eigenvalue weighted by Crippen LogP contribution is 2.21. The van der Waals surface area contributed by atoms with Crippen LogP contribution in [0, 0.1) is 6.92 Å². The van der Waals surface area contributed by atoms with E-state index < -0.39 is 0 Å². The van der Waals surface area contributed by atoms with Crippen molar-refractivity contribution >= 4 is 11.8 Å². The van der Waals surface area contributed by atoms with Crippen molar-refractivity contribution in [1.29, 1.82) is 0 Å². The number of benzene rings is 2. The van der Waals surface area contributed by atoms with Gasteiger partial charge >= 0.3 is 0 Å². The Labute approximate surface area is 182 Å². The average Bonchev–Trinajstić information content (AvgIpc) is 3.44. The van der Waals surface area contributed by atoms with Gasteiger partial charge in [0, 0.05) is 13.1 Å². The number of aryl methyl sites for hydroxylation is 1. The van der Waals surface area contributed by atoms with Crippen molar-refractivity contribution < 1.29 is 9.59 Å². The lowest BCUT2D eigenvalue weighted by atomic mass is 10.1. The van der Waals surface area contributed by atoms with Crippen LogP contribution in [0.2, 0.25) is 0 Å². The van der Waals surface area contributed by atoms with Crippen LogP contribution in [0.5, 0.6) is 0 Å². The maximum atomic E-state index is 12.9. The Kier molecular flexibility index (Phi) is 6.40. The Hall–Kier alpha value is -3.48. The molecule has 1 N–H and O–H groups in total. The minimum absolute atomic E-state index is 0.0680. The first kappa shape index (κ1) is 20.8. The highest BCUT2D eigenvalue weighted by Gasteiger charge is 2.29. The van der Waals surface area contributed by atoms with Crippen LogP contribution < -0.4 is 5.32 Å². The van der Waals surface area contributed by atoms with Crippen LogP contribution >= 0.6 is 0 Å². The fourth-order valence-electron chi connectivity index (χ4n) is 4.00. The third-order valence-electron chi connectivity index (χ3n) is 5.77. The largest absolute Gasteiger partial charge is 0.347 e. The van der Waals surface area contributed by atoms with Crippen LogP contribution in [-0.4, -0.2) is 44.3 Å². The normalized spacial score (nSPS) is 15.8. The summed E-state index contributed by atoms with van der Waals surface area (Å²) in [5, 5.41) is 11.0. The third kappa shape index (κ3) is 5.17. The SMILES string of the molecule is Cc1ccccc1CC(=O)N1CCCC1Cn1cc(C(=O)NCc2ccccc2)nn1. The summed E-state index contributed by atoms with van der Waals surface area (Å²) in [4.78, 5) is 27.2. The second-order valence-corrected chi connectivity index (χ2v) is 7.98. The van der Waals surface area contributed by atoms with E-state index in [1.165, 1.54) is 0 Å². The van der Waals surface area contributed by atoms with Crippen LogP contribution in [0.4, 0.5) is 0 Å². The number of carbonyl (C=O) groups excluding carboxylic acids is 2. The summed E-state index contributed by atoms with van der Waals surface area (Å²) in [7, 11) is 0. The van der Waals surface area contributed by atoms with E-state index in [0.717, 1.165) is 36.1 Å². The van der Waals surface area contributed by atoms with E-state index in [1.807, 2.05) is 66.4 Å². The second-order valence-electron chi connectivity index (χ2n) is 7.98. The summed E-state index contributed by atoms with van der Waals surface area (Å²) in [5.74, 6) is -0.119. The van der Waals surface area contributed by atoms with E-state index in [0.29, 0.717) is 19.5 Å². The fraction of sp³-hybridized carbons (Fsp3) is 0.333. The Morgan fingerprint density at radius 2 is 1.87 bits per heavy atom. The lowest BCUT2D eigenvalue weighted by Gasteiger charge is -2.25. The van der Waals surface area contributed by atoms with Crippen molar-refractivity contribution in [3.8, 4) is 0 Å². The van der Waals surface area contributed by atoms with Crippen molar-refractivity contribution in [2.24, 2.45) is 0 Å². The highest BCUT2D eigenvalue weighted by atomic mass is 16.2. The molecule has 0 bridgehead atoms. The average molecular weight is 418 g/mol. The number of nitrogens with one attached hydrogen (secondary N) is 1. The van der Waals surface area contributed by atoms with Crippen LogP contribution in [0.15, 0.2) is 60.8 Å². The smallest absolute Gasteiger partial charge is 0.273 e. The molecule has 1 unspecified atom stereocenters. The van der Waals surface area contributed by atoms with E-state index in [9.17, 15) is 9.59 Å². The zero-order valence-corrected chi connectivity index (χ0v) is 17.7. The molecule has 7 heteroatoms. The zero-order chi connectivity index (χ0) is 21.6. The molecule has 0 radical (unpaired) electrons. The molecule has 3 aromatic rings. The van der Waals surface area contributed by atoms with Crippen LogP contribution in [0.1, 0.15) is 40.0 Å². The molecule has 0 aliphatic carbocycles. The molecule has 1 aromatic heterocycles. The van der Waals surface area contributed by atoms with E-state index in [4.69, 9.17) is 0 Å². The lowest BCUT2D eigenvalue weighted by molar-refractivity contribution is -0.131. The molecule has 2 amide bonds. The van der Waals surface area contributed by atoms with Crippen molar-refractivity contribution in [3.63, 3.8) is 0 Å². The molecule has 1 aliphatic heterocycles. The minimum atomic E-state index is -0.256. The summed E-state index contributed by atoms with van der Waals surface area (Å²) >= 11 is 0. The number of hydrogen-bond acceptors (Lipinski definition) is 4. The molecule has 160 valence electrons. The molecular weight excluding hydrogens is 390 g/mol. The van der Waals surface area contributed by atoms with Gasteiger partial charge in [0.2, 0.25) is 5.91 Å². The van der Waals surface area contributed by atoms with Gasteiger partial charge in [-0.15, -0.1) is 5.10 Å². The van der Waals surface area contributed by atoms with Crippen LogP contribution in [0.3, 0.4) is 0 Å². The first-order valence-corrected chi connectivity index (χ1v) is 10.7. The molecule has 1 atom stereocenters. The van der Waals surface area contributed by atoms with E-state index in [2.05, 4.69) is 15.6 Å². The molecule has 1 saturated heterocycles. The quantitative estimate of drug-likeness (QED) is 0.641. The first-order chi connectivity index (χ1) is 15.1. The molecular formula is C24H27N5O2. The maximum Gasteiger partial charge on any atom is 0.273 e. The van der Waals surface area contributed by atoms with Gasteiger partial charge in [-0.1, -0.05) is 59.8 Å². The summed E-state index contributed by atoms with van der Waals surface area (Å²) in [6, 6.07) is 17.8. The Morgan fingerprint density at radius 3 is 2.68 bits per heavy atom. The van der Waals surface area contributed by atoms with Crippen molar-refractivity contribution in [2.45, 2.75) is 45.3 Å². The Morgan fingerprint density at radius 1 is 1.10 bits per heavy atom. The standard InChI is InChI=1S/C24H27N5O2/c1-18-8-5-6-11-20(18)14-23(30)29-13-7-12-21(29)16-28-17-22(26-27-28)24(31)25-15-19-9-3-2-4-10-19/h2-6,8-11,17,21H,7,12-16H2,1H3,(H,25,31). The van der Waals surface area contributed by atoms with Gasteiger partial charge in [-0.2, -0.15) is 0 Å². The number of amides is 2. The van der Waals surface area contributed by atoms with Gasteiger partial charge < -0.3 is 10.2 Å². The van der Waals surface area contributed by atoms with Gasteiger partial charge in [0.25, 0.3) is 5.91 Å². The summed E-state index contributed by atoms with van der Waals surface area (Å²) < 4.78 is 1.67. The number of hydrogen-bond donors (Lipinski definition) is 1. The number of carbonyl (C=O) groups is 2. The molecule has 2 heterocycles. The third-order valence-corrected chi connectivity index (χ3v) is 5.77. The van der Waals surface area contributed by atoms with Crippen molar-refractivity contribution in [2.75, 3.05) is 6.54 Å². The number of aromatic nitrogens is 3. The van der Waals surface area contributed by atoms with Gasteiger partial charge in [-0.05, 0) is 36.5 Å². The van der Waals surface area contributed by atoms with Gasteiger partial charge in [0.1, 0.15) is 0 Å². The molecule has 0 spiro atoms. The predicted molar refractivity (Wildman–Crippen MR) is 117 cm³/mol. The number of nitrogens with zero attached hydrogens (tertiary/aromatic N) is 4. The minimum Gasteiger partial charge on any atom is -0.347 e. The molecule has 0 saturated carbocycles. The van der Waals surface area contributed by atoms with Gasteiger partial charge in [-0.25, -0.2) is 4.68 Å². The van der Waals surface area contributed by atoms with Crippen LogP contribution in [-0.2, 0) is 24.3 Å². The van der Waals surface area contributed by atoms with Gasteiger partial charge in [0.05, 0.1) is 25.2 Å². The fourth-order valence-corrected chi connectivity index (χ4v) is 4.00. The van der Waals surface area contributed by atoms with Crippen molar-refractivity contribution in [1.82, 2.24) is 25.2 Å². The van der Waals surface area contributed by atoms with E-state index in [-0.39, 0.29) is 23.6 Å². The zero-order valence-electron chi connectivity index (χ0n) is 17.7. The van der Waals surface area contributed by atoms with Gasteiger partial charge in [0.15, 0.2) is 5.69 Å². The number of likely N-dealkylation sites (tertiary alicyclic amines) is 1. The summed E-state index contributed by atoms with van der Waals surface area (Å²) in [6.45, 7) is 3.77. The first-order valence-electron chi connectivity index (χ1n) is 10.7. The highest BCUT2D eigenvalue weighted by molar-refractivity contribution is 5.91. The second kappa shape index (κ2) is 9.55. The molecule has 1 aliphatic rings. The van der Waals surface area contributed by atoms with E-state index in [1.54, 1.807) is 10.9 Å². The Balaban J connectivity index is 1.34. The number of rotatable bonds is 7. The summed E-state index contributed by atoms with van der Waals surface area (Å²) in [6.07, 6.45) is 3.97. The monoisotopic (exact) mass is 417 g/mol. The lowest BCUT2D eigenvalue weighted by Crippen LogP contribution is -2.39. The maximum absolute atomic E-state index is 12.9. The molecule has 4 rings (SSSR count). The summed E-state index contributed by atoms with van der Waals surface area (Å²) in [5.41, 5.74) is 3.51. The molecule has 31 heavy (non-hydrogen) atoms. The molecule has 2 aromatic carbocycles.